The van der Waals surface area contributed by atoms with Crippen LogP contribution in [0.2, 0.25) is 0 Å². The van der Waals surface area contributed by atoms with Crippen molar-refractivity contribution in [3.05, 3.63) is 52.6 Å². The first-order chi connectivity index (χ1) is 15.0. The van der Waals surface area contributed by atoms with E-state index >= 15 is 0 Å². The highest BCUT2D eigenvalue weighted by Crippen LogP contribution is 2.44. The van der Waals surface area contributed by atoms with Gasteiger partial charge in [0.2, 0.25) is 0 Å². The number of amides is 2. The molecule has 2 unspecified atom stereocenters. The van der Waals surface area contributed by atoms with Gasteiger partial charge >= 0.3 is 11.7 Å². The molecule has 9 nitrogen and oxygen atoms in total. The Labute approximate surface area is 180 Å². The molecule has 4 fully saturated rings. The van der Waals surface area contributed by atoms with Gasteiger partial charge in [-0.15, -0.1) is 0 Å². The highest BCUT2D eigenvalue weighted by molar-refractivity contribution is 5.88. The fourth-order valence-electron chi connectivity index (χ4n) is 5.40. The van der Waals surface area contributed by atoms with E-state index < -0.39 is 5.69 Å². The molecular weight excluding hydrogens is 394 g/mol. The number of hydrogen-bond donors (Lipinski definition) is 3. The number of fused-ring (bicyclic) bond motifs is 2. The second-order valence-corrected chi connectivity index (χ2v) is 9.47. The predicted octanol–water partition coefficient (Wildman–Crippen LogP) is 0.0422. The van der Waals surface area contributed by atoms with Gasteiger partial charge < -0.3 is 16.4 Å². The van der Waals surface area contributed by atoms with E-state index in [9.17, 15) is 9.59 Å². The number of anilines is 1. The largest absolute Gasteiger partial charge is 0.354 e. The van der Waals surface area contributed by atoms with Crippen molar-refractivity contribution in [1.29, 1.82) is 0 Å². The Kier molecular flexibility index (Phi) is 4.21. The van der Waals surface area contributed by atoms with Gasteiger partial charge in [-0.25, -0.2) is 9.59 Å². The van der Waals surface area contributed by atoms with Crippen molar-refractivity contribution in [2.75, 3.05) is 31.5 Å². The third-order valence-corrected chi connectivity index (χ3v) is 7.54. The first-order valence-electron chi connectivity index (χ1n) is 11.0. The molecule has 6 atom stereocenters. The minimum Gasteiger partial charge on any atom is -0.327 e. The first kappa shape index (κ1) is 19.0. The molecule has 0 bridgehead atoms. The summed E-state index contributed by atoms with van der Waals surface area (Å²) in [5.74, 6) is 2.46. The third-order valence-electron chi connectivity index (χ3n) is 7.54. The van der Waals surface area contributed by atoms with Gasteiger partial charge in [0, 0.05) is 51.0 Å². The number of urea groups is 1. The van der Waals surface area contributed by atoms with Crippen molar-refractivity contribution in [3.63, 3.8) is 0 Å². The fourth-order valence-corrected chi connectivity index (χ4v) is 5.40. The summed E-state index contributed by atoms with van der Waals surface area (Å²) >= 11 is 0. The molecule has 2 aliphatic heterocycles. The molecule has 1 aromatic heterocycles. The molecule has 2 aliphatic carbocycles. The highest BCUT2D eigenvalue weighted by Gasteiger charge is 2.55. The van der Waals surface area contributed by atoms with Crippen LogP contribution in [0.4, 0.5) is 10.6 Å². The van der Waals surface area contributed by atoms with E-state index in [1.165, 1.54) is 10.1 Å². The number of hydrogen-bond acceptors (Lipinski definition) is 6. The first-order valence-corrected chi connectivity index (χ1v) is 11.0. The van der Waals surface area contributed by atoms with Crippen LogP contribution in [-0.2, 0) is 6.54 Å². The number of rotatable bonds is 4. The van der Waals surface area contributed by atoms with Gasteiger partial charge in [-0.1, -0.05) is 12.1 Å². The molecule has 2 aromatic rings. The number of likely N-dealkylation sites (tertiary alicyclic amines) is 2. The summed E-state index contributed by atoms with van der Waals surface area (Å²) in [6.07, 6.45) is 1.65. The number of aromatic nitrogens is 2. The van der Waals surface area contributed by atoms with Gasteiger partial charge in [0.15, 0.2) is 0 Å². The Morgan fingerprint density at radius 3 is 2.19 bits per heavy atom. The molecule has 162 valence electrons. The van der Waals surface area contributed by atoms with Crippen LogP contribution < -0.4 is 22.5 Å². The Bertz CT molecular complexity index is 1060. The Hall–Kier alpha value is -2.75. The van der Waals surface area contributed by atoms with E-state index in [4.69, 9.17) is 11.5 Å². The minimum atomic E-state index is -0.426. The number of carbonyl (C=O) groups excluding carboxylic acids is 1. The lowest BCUT2D eigenvalue weighted by atomic mass is 10.2. The van der Waals surface area contributed by atoms with Crippen LogP contribution in [0.25, 0.3) is 5.69 Å². The van der Waals surface area contributed by atoms with Crippen molar-refractivity contribution in [1.82, 2.24) is 19.4 Å². The zero-order valence-electron chi connectivity index (χ0n) is 17.2. The Balaban J connectivity index is 1.08. The van der Waals surface area contributed by atoms with Gasteiger partial charge in [-0.3, -0.25) is 14.8 Å². The third kappa shape index (κ3) is 3.33. The van der Waals surface area contributed by atoms with Crippen LogP contribution in [0.5, 0.6) is 0 Å². The molecule has 6 rings (SSSR count). The molecule has 2 saturated heterocycles. The molecule has 31 heavy (non-hydrogen) atoms. The topological polar surface area (TPSA) is 123 Å². The summed E-state index contributed by atoms with van der Waals surface area (Å²) in [6, 6.07) is 10.0. The van der Waals surface area contributed by atoms with E-state index in [1.807, 2.05) is 24.3 Å². The average Bonchev–Trinajstić information content (AvgIpc) is 3.35. The molecule has 0 radical (unpaired) electrons. The minimum absolute atomic E-state index is 0.228. The van der Waals surface area contributed by atoms with Crippen molar-refractivity contribution < 1.29 is 4.79 Å². The molecule has 0 spiro atoms. The summed E-state index contributed by atoms with van der Waals surface area (Å²) in [5, 5.41) is 2.73. The number of carbonyl (C=O) groups is 1. The molecule has 2 amide bonds. The zero-order valence-corrected chi connectivity index (χ0v) is 17.2. The lowest BCUT2D eigenvalue weighted by Gasteiger charge is -2.19. The summed E-state index contributed by atoms with van der Waals surface area (Å²) < 4.78 is 1.48. The van der Waals surface area contributed by atoms with Crippen LogP contribution in [0.1, 0.15) is 5.56 Å². The summed E-state index contributed by atoms with van der Waals surface area (Å²) in [6.45, 7) is 4.41. The van der Waals surface area contributed by atoms with E-state index in [-0.39, 0.29) is 17.9 Å². The average molecular weight is 422 g/mol. The summed E-state index contributed by atoms with van der Waals surface area (Å²) in [5.41, 5.74) is 13.5. The maximum atomic E-state index is 12.5. The SMILES string of the molecule is NC1[C@H]2CN(Cc3ccc(-n4ccc(NC(=O)N5C[C@@H]6C(N)[C@@H]6C5)nc4=O)cc3)C[C@@H]12. The van der Waals surface area contributed by atoms with Crippen molar-refractivity contribution in [3.8, 4) is 5.69 Å². The van der Waals surface area contributed by atoms with Gasteiger partial charge in [-0.05, 0) is 47.4 Å². The van der Waals surface area contributed by atoms with Crippen LogP contribution in [0.15, 0.2) is 41.3 Å². The lowest BCUT2D eigenvalue weighted by Crippen LogP contribution is -2.37. The number of nitrogens with one attached hydrogen (secondary N) is 1. The second kappa shape index (κ2) is 6.88. The highest BCUT2D eigenvalue weighted by atomic mass is 16.2. The maximum Gasteiger partial charge on any atom is 0.354 e. The zero-order chi connectivity index (χ0) is 21.3. The Morgan fingerprint density at radius 1 is 0.968 bits per heavy atom. The maximum absolute atomic E-state index is 12.5. The summed E-state index contributed by atoms with van der Waals surface area (Å²) in [4.78, 5) is 33.1. The van der Waals surface area contributed by atoms with Gasteiger partial charge in [0.25, 0.3) is 0 Å². The normalized spacial score (nSPS) is 33.2. The molecule has 1 aromatic carbocycles. The van der Waals surface area contributed by atoms with Crippen LogP contribution in [-0.4, -0.2) is 63.6 Å². The molecular formula is C22H27N7O2. The number of nitrogens with two attached hydrogens (primary N) is 2. The van der Waals surface area contributed by atoms with E-state index in [2.05, 4.69) is 15.2 Å². The van der Waals surface area contributed by atoms with Crippen LogP contribution in [0.3, 0.4) is 0 Å². The standard InChI is InChI=1S/C22H27N7O2/c23-19-14-8-27(9-15(14)19)7-12-1-3-13(4-2-12)29-6-5-18(26-22(29)31)25-21(30)28-10-16-17(11-28)20(16)24/h1-6,14-17,19-20H,7-11,23-24H2,(H,25,26,30,31)/t14-,15+,16-,17+,19?,20?. The van der Waals surface area contributed by atoms with E-state index in [0.717, 1.165) is 25.3 Å². The van der Waals surface area contributed by atoms with Crippen LogP contribution >= 0.6 is 0 Å². The predicted molar refractivity (Wildman–Crippen MR) is 116 cm³/mol. The van der Waals surface area contributed by atoms with Crippen molar-refractivity contribution in [2.45, 2.75) is 18.6 Å². The molecule has 5 N–H and O–H groups in total. The summed E-state index contributed by atoms with van der Waals surface area (Å²) in [7, 11) is 0. The lowest BCUT2D eigenvalue weighted by molar-refractivity contribution is 0.216. The van der Waals surface area contributed by atoms with Gasteiger partial charge in [-0.2, -0.15) is 4.98 Å². The number of nitrogens with zero attached hydrogens (tertiary/aromatic N) is 4. The quantitative estimate of drug-likeness (QED) is 0.641. The smallest absolute Gasteiger partial charge is 0.327 e. The molecule has 3 heterocycles. The molecule has 2 saturated carbocycles. The molecule has 9 heteroatoms. The van der Waals surface area contributed by atoms with E-state index in [0.29, 0.717) is 42.8 Å². The van der Waals surface area contributed by atoms with E-state index in [1.54, 1.807) is 17.2 Å². The van der Waals surface area contributed by atoms with Crippen molar-refractivity contribution in [2.24, 2.45) is 35.1 Å². The Morgan fingerprint density at radius 2 is 1.58 bits per heavy atom. The van der Waals surface area contributed by atoms with Crippen molar-refractivity contribution >= 4 is 11.8 Å². The van der Waals surface area contributed by atoms with Gasteiger partial charge in [0.1, 0.15) is 5.82 Å². The number of piperidine rings is 2. The van der Waals surface area contributed by atoms with Gasteiger partial charge in [0.05, 0.1) is 5.69 Å². The molecule has 4 aliphatic rings. The monoisotopic (exact) mass is 421 g/mol. The second-order valence-electron chi connectivity index (χ2n) is 9.47. The number of benzene rings is 1. The fraction of sp³-hybridized carbons (Fsp3) is 0.500. The van der Waals surface area contributed by atoms with Crippen LogP contribution in [0, 0.1) is 23.7 Å².